The van der Waals surface area contributed by atoms with Crippen LogP contribution in [0.25, 0.3) is 0 Å². The van der Waals surface area contributed by atoms with Gasteiger partial charge in [0.15, 0.2) is 0 Å². The van der Waals surface area contributed by atoms with Crippen molar-refractivity contribution in [3.8, 4) is 0 Å². The summed E-state index contributed by atoms with van der Waals surface area (Å²) in [4.78, 5) is 0. The van der Waals surface area contributed by atoms with Crippen LogP contribution in [-0.4, -0.2) is 6.04 Å². The maximum absolute atomic E-state index is 5.65. The number of rotatable bonds is 3. The molecule has 112 valence electrons. The molecular weight excluding hydrogens is 326 g/mol. The fourth-order valence-electron chi connectivity index (χ4n) is 3.39. The topological polar surface area (TPSA) is 25.2 Å². The zero-order chi connectivity index (χ0) is 15.0. The predicted octanol–water partition coefficient (Wildman–Crippen LogP) is 4.87. The Balaban J connectivity index is 1.69. The molecule has 21 heavy (non-hydrogen) atoms. The molecule has 3 rings (SSSR count). The van der Waals surface area contributed by atoms with E-state index in [0.717, 1.165) is 24.4 Å². The van der Waals surface area contributed by atoms with Gasteiger partial charge in [-0.2, -0.15) is 0 Å². The van der Waals surface area contributed by atoms with Gasteiger partial charge in [-0.05, 0) is 69.4 Å². The van der Waals surface area contributed by atoms with E-state index >= 15 is 0 Å². The summed E-state index contributed by atoms with van der Waals surface area (Å²) >= 11 is 3.56. The van der Waals surface area contributed by atoms with Gasteiger partial charge in [0.1, 0.15) is 11.5 Å². The van der Waals surface area contributed by atoms with Gasteiger partial charge >= 0.3 is 0 Å². The van der Waals surface area contributed by atoms with Crippen LogP contribution in [-0.2, 0) is 12.8 Å². The third kappa shape index (κ3) is 3.24. The quantitative estimate of drug-likeness (QED) is 0.856. The van der Waals surface area contributed by atoms with Gasteiger partial charge in [-0.15, -0.1) is 0 Å². The van der Waals surface area contributed by atoms with Gasteiger partial charge in [0, 0.05) is 22.1 Å². The molecule has 2 atom stereocenters. The Morgan fingerprint density at radius 2 is 2.05 bits per heavy atom. The Morgan fingerprint density at radius 3 is 2.76 bits per heavy atom. The van der Waals surface area contributed by atoms with E-state index < -0.39 is 0 Å². The Hall–Kier alpha value is -1.06. The van der Waals surface area contributed by atoms with Gasteiger partial charge in [0.2, 0.25) is 0 Å². The van der Waals surface area contributed by atoms with Crippen molar-refractivity contribution < 1.29 is 4.42 Å². The maximum atomic E-state index is 5.65. The third-order valence-corrected chi connectivity index (χ3v) is 4.92. The Labute approximate surface area is 135 Å². The number of benzene rings is 1. The van der Waals surface area contributed by atoms with Crippen LogP contribution < -0.4 is 5.32 Å². The van der Waals surface area contributed by atoms with E-state index in [-0.39, 0.29) is 0 Å². The maximum Gasteiger partial charge on any atom is 0.105 e. The molecule has 3 heteroatoms. The Bertz CT molecular complexity index is 647. The lowest BCUT2D eigenvalue weighted by Crippen LogP contribution is -2.36. The first-order valence-electron chi connectivity index (χ1n) is 7.63. The molecule has 1 aromatic carbocycles. The van der Waals surface area contributed by atoms with Crippen molar-refractivity contribution in [3.63, 3.8) is 0 Å². The molecule has 1 aliphatic carbocycles. The zero-order valence-electron chi connectivity index (χ0n) is 12.9. The van der Waals surface area contributed by atoms with E-state index in [1.165, 1.54) is 27.6 Å². The lowest BCUT2D eigenvalue weighted by atomic mass is 9.88. The van der Waals surface area contributed by atoms with Crippen LogP contribution in [0.1, 0.15) is 47.6 Å². The van der Waals surface area contributed by atoms with Crippen LogP contribution in [0.4, 0.5) is 0 Å². The molecule has 1 N–H and O–H groups in total. The molecule has 2 aromatic rings. The molecule has 0 fully saturated rings. The number of fused-ring (bicyclic) bond motifs is 1. The third-order valence-electron chi connectivity index (χ3n) is 4.43. The van der Waals surface area contributed by atoms with Crippen molar-refractivity contribution >= 4 is 15.9 Å². The van der Waals surface area contributed by atoms with E-state index in [0.29, 0.717) is 12.1 Å². The van der Waals surface area contributed by atoms with Crippen molar-refractivity contribution in [2.75, 3.05) is 0 Å². The summed E-state index contributed by atoms with van der Waals surface area (Å²) in [5, 5.41) is 3.77. The Morgan fingerprint density at radius 1 is 1.24 bits per heavy atom. The monoisotopic (exact) mass is 347 g/mol. The summed E-state index contributed by atoms with van der Waals surface area (Å²) in [6, 6.07) is 9.70. The van der Waals surface area contributed by atoms with Crippen LogP contribution in [0, 0.1) is 13.8 Å². The lowest BCUT2D eigenvalue weighted by molar-refractivity contribution is 0.408. The summed E-state index contributed by atoms with van der Waals surface area (Å²) in [5.41, 5.74) is 4.26. The number of hydrogen-bond donors (Lipinski definition) is 1. The largest absolute Gasteiger partial charge is 0.466 e. The number of hydrogen-bond acceptors (Lipinski definition) is 2. The van der Waals surface area contributed by atoms with Crippen molar-refractivity contribution in [1.29, 1.82) is 0 Å². The average Bonchev–Trinajstić information content (AvgIpc) is 2.78. The number of aryl methyl sites for hydroxylation is 3. The molecule has 0 radical (unpaired) electrons. The molecule has 0 aliphatic heterocycles. The fourth-order valence-corrected chi connectivity index (χ4v) is 3.80. The number of furan rings is 1. The summed E-state index contributed by atoms with van der Waals surface area (Å²) in [7, 11) is 0. The van der Waals surface area contributed by atoms with E-state index in [1.807, 2.05) is 13.8 Å². The first-order chi connectivity index (χ1) is 10.0. The molecule has 0 spiro atoms. The highest BCUT2D eigenvalue weighted by Crippen LogP contribution is 2.27. The molecule has 0 saturated carbocycles. The minimum absolute atomic E-state index is 0.337. The van der Waals surface area contributed by atoms with E-state index in [1.54, 1.807) is 0 Å². The van der Waals surface area contributed by atoms with Gasteiger partial charge in [-0.1, -0.05) is 22.0 Å². The minimum atomic E-state index is 0.337. The SMILES string of the molecule is Cc1cc(C(C)NC2CCc3cc(Br)ccc3C2)c(C)o1. The standard InChI is InChI=1S/C18H22BrNO/c1-11-8-18(13(3)21-11)12(2)20-17-7-5-14-9-16(19)6-4-15(14)10-17/h4,6,8-9,12,17,20H,5,7,10H2,1-3H3. The second-order valence-electron chi connectivity index (χ2n) is 6.11. The molecule has 2 unspecified atom stereocenters. The van der Waals surface area contributed by atoms with Gasteiger partial charge in [0.25, 0.3) is 0 Å². The van der Waals surface area contributed by atoms with E-state index in [2.05, 4.69) is 52.4 Å². The van der Waals surface area contributed by atoms with Crippen LogP contribution in [0.3, 0.4) is 0 Å². The summed E-state index contributed by atoms with van der Waals surface area (Å²) in [6.07, 6.45) is 3.47. The average molecular weight is 348 g/mol. The van der Waals surface area contributed by atoms with Gasteiger partial charge in [-0.3, -0.25) is 0 Å². The summed E-state index contributed by atoms with van der Waals surface area (Å²) in [5.74, 6) is 2.03. The molecule has 0 saturated heterocycles. The predicted molar refractivity (Wildman–Crippen MR) is 89.7 cm³/mol. The van der Waals surface area contributed by atoms with E-state index in [4.69, 9.17) is 4.42 Å². The van der Waals surface area contributed by atoms with Crippen LogP contribution >= 0.6 is 15.9 Å². The molecule has 1 aromatic heterocycles. The molecular formula is C18H22BrNO. The first kappa shape index (κ1) is 14.9. The molecule has 2 nitrogen and oxygen atoms in total. The minimum Gasteiger partial charge on any atom is -0.466 e. The molecule has 1 heterocycles. The van der Waals surface area contributed by atoms with Crippen LogP contribution in [0.5, 0.6) is 0 Å². The second-order valence-corrected chi connectivity index (χ2v) is 7.03. The first-order valence-corrected chi connectivity index (χ1v) is 8.42. The molecule has 1 aliphatic rings. The van der Waals surface area contributed by atoms with Crippen LogP contribution in [0.15, 0.2) is 33.2 Å². The lowest BCUT2D eigenvalue weighted by Gasteiger charge is -2.28. The van der Waals surface area contributed by atoms with E-state index in [9.17, 15) is 0 Å². The fraction of sp³-hybridized carbons (Fsp3) is 0.444. The Kier molecular flexibility index (Phi) is 4.23. The van der Waals surface area contributed by atoms with Crippen molar-refractivity contribution in [2.45, 2.75) is 52.1 Å². The summed E-state index contributed by atoms with van der Waals surface area (Å²) < 4.78 is 6.83. The normalized spacial score (nSPS) is 19.3. The number of nitrogens with one attached hydrogen (secondary N) is 1. The van der Waals surface area contributed by atoms with Gasteiger partial charge in [-0.25, -0.2) is 0 Å². The smallest absolute Gasteiger partial charge is 0.105 e. The molecule has 0 bridgehead atoms. The van der Waals surface area contributed by atoms with Crippen molar-refractivity contribution in [3.05, 3.63) is 56.9 Å². The highest BCUT2D eigenvalue weighted by molar-refractivity contribution is 9.10. The summed E-state index contributed by atoms with van der Waals surface area (Å²) in [6.45, 7) is 6.29. The van der Waals surface area contributed by atoms with Gasteiger partial charge in [0.05, 0.1) is 0 Å². The van der Waals surface area contributed by atoms with Crippen LogP contribution in [0.2, 0.25) is 0 Å². The number of halogens is 1. The van der Waals surface area contributed by atoms with Gasteiger partial charge < -0.3 is 9.73 Å². The zero-order valence-corrected chi connectivity index (χ0v) is 14.5. The highest BCUT2D eigenvalue weighted by atomic mass is 79.9. The van der Waals surface area contributed by atoms with Crippen molar-refractivity contribution in [2.24, 2.45) is 0 Å². The molecule has 0 amide bonds. The second kappa shape index (κ2) is 5.98. The highest BCUT2D eigenvalue weighted by Gasteiger charge is 2.22. The van der Waals surface area contributed by atoms with Crippen molar-refractivity contribution in [1.82, 2.24) is 5.32 Å².